The zero-order valence-electron chi connectivity index (χ0n) is 18.1. The lowest BCUT2D eigenvalue weighted by Gasteiger charge is -2.31. The Morgan fingerprint density at radius 3 is 2.67 bits per heavy atom. The Morgan fingerprint density at radius 2 is 2.00 bits per heavy atom. The van der Waals surface area contributed by atoms with Crippen LogP contribution in [0.5, 0.6) is 0 Å². The molecule has 1 aliphatic rings. The van der Waals surface area contributed by atoms with Gasteiger partial charge in [-0.3, -0.25) is 4.79 Å². The second-order valence-corrected chi connectivity index (χ2v) is 9.39. The average molecular weight is 449 g/mol. The fraction of sp³-hybridized carbons (Fsp3) is 0.609. The van der Waals surface area contributed by atoms with Crippen molar-refractivity contribution in [2.24, 2.45) is 11.8 Å². The van der Waals surface area contributed by atoms with Crippen LogP contribution < -0.4 is 10.2 Å². The molecule has 0 bridgehead atoms. The molecule has 1 atom stereocenters. The van der Waals surface area contributed by atoms with Crippen molar-refractivity contribution >= 4 is 34.2 Å². The number of anilines is 1. The maximum atomic E-state index is 12.4. The van der Waals surface area contributed by atoms with Gasteiger partial charge in [0.05, 0.1) is 0 Å². The van der Waals surface area contributed by atoms with E-state index in [1.165, 1.54) is 17.1 Å². The molecule has 0 radical (unpaired) electrons. The minimum Gasteiger partial charge on any atom is -0.356 e. The summed E-state index contributed by atoms with van der Waals surface area (Å²) in [5.41, 5.74) is 1.17. The van der Waals surface area contributed by atoms with Crippen molar-refractivity contribution in [1.82, 2.24) is 14.7 Å². The van der Waals surface area contributed by atoms with Crippen LogP contribution in [0.3, 0.4) is 0 Å². The van der Waals surface area contributed by atoms with Crippen molar-refractivity contribution in [2.75, 3.05) is 24.5 Å². The number of halogens is 1. The molecule has 1 aliphatic heterocycles. The summed E-state index contributed by atoms with van der Waals surface area (Å²) in [6.07, 6.45) is 7.11. The minimum atomic E-state index is 0.172. The van der Waals surface area contributed by atoms with E-state index in [4.69, 9.17) is 16.6 Å². The van der Waals surface area contributed by atoms with Crippen LogP contribution in [0.25, 0.3) is 0 Å². The first-order valence-corrected chi connectivity index (χ1v) is 12.3. The Balaban J connectivity index is 1.42. The Morgan fingerprint density at radius 1 is 1.27 bits per heavy atom. The molecule has 3 rings (SSSR count). The van der Waals surface area contributed by atoms with Crippen LogP contribution in [0.1, 0.15) is 63.8 Å². The molecule has 1 amide bonds. The van der Waals surface area contributed by atoms with E-state index in [1.54, 1.807) is 0 Å². The molecule has 0 spiro atoms. The van der Waals surface area contributed by atoms with Gasteiger partial charge in [0.15, 0.2) is 0 Å². The van der Waals surface area contributed by atoms with Crippen LogP contribution in [0.2, 0.25) is 5.02 Å². The molecule has 2 aromatic rings. The second kappa shape index (κ2) is 11.7. The summed E-state index contributed by atoms with van der Waals surface area (Å²) >= 11 is 7.44. The second-order valence-electron chi connectivity index (χ2n) is 8.22. The molecule has 0 saturated carbocycles. The number of rotatable bonds is 10. The summed E-state index contributed by atoms with van der Waals surface area (Å²) in [7, 11) is 0. The van der Waals surface area contributed by atoms with Gasteiger partial charge in [0.25, 0.3) is 0 Å². The quantitative estimate of drug-likeness (QED) is 0.533. The number of piperidine rings is 1. The number of carbonyl (C=O) groups is 1. The summed E-state index contributed by atoms with van der Waals surface area (Å²) in [4.78, 5) is 19.5. The predicted molar refractivity (Wildman–Crippen MR) is 125 cm³/mol. The van der Waals surface area contributed by atoms with E-state index in [2.05, 4.69) is 28.4 Å². The number of nitrogens with one attached hydrogen (secondary N) is 1. The Labute approximate surface area is 189 Å². The summed E-state index contributed by atoms with van der Waals surface area (Å²) < 4.78 is 4.54. The Kier molecular flexibility index (Phi) is 8.94. The lowest BCUT2D eigenvalue weighted by Crippen LogP contribution is -2.40. The third-order valence-corrected chi connectivity index (χ3v) is 7.02. The van der Waals surface area contributed by atoms with Crippen LogP contribution in [-0.4, -0.2) is 34.9 Å². The zero-order valence-corrected chi connectivity index (χ0v) is 19.6. The standard InChI is InChI=1S/C23H33ClN4OS/c1-3-5-6-19(4-2)22(29)25-16-18-11-13-28(14-12-18)23-26-21(27-30-23)15-17-7-9-20(24)10-8-17/h7-10,18-19H,3-6,11-16H2,1-2H3,(H,25,29). The van der Waals surface area contributed by atoms with Crippen LogP contribution in [-0.2, 0) is 11.2 Å². The highest BCUT2D eigenvalue weighted by Crippen LogP contribution is 2.25. The highest BCUT2D eigenvalue weighted by molar-refractivity contribution is 7.09. The summed E-state index contributed by atoms with van der Waals surface area (Å²) in [6, 6.07) is 7.85. The van der Waals surface area contributed by atoms with Crippen molar-refractivity contribution in [1.29, 1.82) is 0 Å². The molecular formula is C23H33ClN4OS. The number of hydrogen-bond donors (Lipinski definition) is 1. The van der Waals surface area contributed by atoms with Crippen LogP contribution in [0.15, 0.2) is 24.3 Å². The van der Waals surface area contributed by atoms with Crippen molar-refractivity contribution in [2.45, 2.75) is 58.8 Å². The lowest BCUT2D eigenvalue weighted by atomic mass is 9.95. The van der Waals surface area contributed by atoms with Crippen molar-refractivity contribution in [3.05, 3.63) is 40.7 Å². The highest BCUT2D eigenvalue weighted by Gasteiger charge is 2.23. The number of carbonyl (C=O) groups excluding carboxylic acids is 1. The summed E-state index contributed by atoms with van der Waals surface area (Å²) in [5, 5.41) is 4.96. The van der Waals surface area contributed by atoms with Gasteiger partial charge in [-0.2, -0.15) is 4.37 Å². The normalized spacial score (nSPS) is 15.9. The smallest absolute Gasteiger partial charge is 0.223 e. The van der Waals surface area contributed by atoms with Crippen LogP contribution >= 0.6 is 23.1 Å². The van der Waals surface area contributed by atoms with Gasteiger partial charge in [0, 0.05) is 48.5 Å². The fourth-order valence-electron chi connectivity index (χ4n) is 3.92. The van der Waals surface area contributed by atoms with Crippen molar-refractivity contribution < 1.29 is 4.79 Å². The first kappa shape index (κ1) is 23.0. The molecule has 30 heavy (non-hydrogen) atoms. The molecule has 1 unspecified atom stereocenters. The Hall–Kier alpha value is -1.66. The maximum absolute atomic E-state index is 12.4. The van der Waals surface area contributed by atoms with E-state index in [-0.39, 0.29) is 11.8 Å². The van der Waals surface area contributed by atoms with Crippen LogP contribution in [0, 0.1) is 11.8 Å². The number of amides is 1. The number of benzene rings is 1. The molecule has 5 nitrogen and oxygen atoms in total. The van der Waals surface area contributed by atoms with Gasteiger partial charge in [-0.1, -0.05) is 50.4 Å². The average Bonchev–Trinajstić information content (AvgIpc) is 3.23. The maximum Gasteiger partial charge on any atom is 0.223 e. The summed E-state index contributed by atoms with van der Waals surface area (Å²) in [6.45, 7) is 7.04. The van der Waals surface area contributed by atoms with Gasteiger partial charge in [-0.05, 0) is 49.3 Å². The van der Waals surface area contributed by atoms with Gasteiger partial charge >= 0.3 is 0 Å². The van der Waals surface area contributed by atoms with E-state index in [1.807, 2.05) is 24.3 Å². The molecule has 1 aromatic carbocycles. The predicted octanol–water partition coefficient (Wildman–Crippen LogP) is 5.33. The third-order valence-electron chi connectivity index (χ3n) is 5.95. The fourth-order valence-corrected chi connectivity index (χ4v) is 4.78. The van der Waals surface area contributed by atoms with Crippen LogP contribution in [0.4, 0.5) is 5.13 Å². The molecule has 164 valence electrons. The highest BCUT2D eigenvalue weighted by atomic mass is 35.5. The molecule has 1 saturated heterocycles. The summed E-state index contributed by atoms with van der Waals surface area (Å²) in [5.74, 6) is 1.83. The SMILES string of the molecule is CCCCC(CC)C(=O)NCC1CCN(c2nc(Cc3ccc(Cl)cc3)ns2)CC1. The van der Waals surface area contributed by atoms with E-state index in [0.29, 0.717) is 5.92 Å². The number of hydrogen-bond acceptors (Lipinski definition) is 5. The largest absolute Gasteiger partial charge is 0.356 e. The molecule has 2 heterocycles. The molecular weight excluding hydrogens is 416 g/mol. The monoisotopic (exact) mass is 448 g/mol. The van der Waals surface area contributed by atoms with Gasteiger partial charge in [0.2, 0.25) is 11.0 Å². The first-order valence-electron chi connectivity index (χ1n) is 11.2. The van der Waals surface area contributed by atoms with Crippen molar-refractivity contribution in [3.8, 4) is 0 Å². The third kappa shape index (κ3) is 6.67. The Bertz CT molecular complexity index is 787. The zero-order chi connectivity index (χ0) is 21.3. The number of aromatic nitrogens is 2. The van der Waals surface area contributed by atoms with E-state index in [0.717, 1.165) is 80.6 Å². The topological polar surface area (TPSA) is 58.1 Å². The number of nitrogens with zero attached hydrogens (tertiary/aromatic N) is 3. The first-order chi connectivity index (χ1) is 14.6. The lowest BCUT2D eigenvalue weighted by molar-refractivity contribution is -0.125. The van der Waals surface area contributed by atoms with E-state index < -0.39 is 0 Å². The van der Waals surface area contributed by atoms with Gasteiger partial charge < -0.3 is 10.2 Å². The molecule has 1 aromatic heterocycles. The number of unbranched alkanes of at least 4 members (excludes halogenated alkanes) is 1. The van der Waals surface area contributed by atoms with E-state index in [9.17, 15) is 4.79 Å². The van der Waals surface area contributed by atoms with Crippen molar-refractivity contribution in [3.63, 3.8) is 0 Å². The minimum absolute atomic E-state index is 0.172. The van der Waals surface area contributed by atoms with E-state index >= 15 is 0 Å². The molecule has 1 N–H and O–H groups in total. The molecule has 0 aliphatic carbocycles. The van der Waals surface area contributed by atoms with Gasteiger partial charge in [-0.25, -0.2) is 4.98 Å². The molecule has 7 heteroatoms. The van der Waals surface area contributed by atoms with Gasteiger partial charge in [-0.15, -0.1) is 0 Å². The molecule has 1 fully saturated rings. The van der Waals surface area contributed by atoms with Gasteiger partial charge in [0.1, 0.15) is 5.82 Å².